The van der Waals surface area contributed by atoms with Crippen molar-refractivity contribution in [2.24, 2.45) is 11.8 Å². The molecule has 3 aromatic rings. The van der Waals surface area contributed by atoms with Gasteiger partial charge in [0, 0.05) is 31.3 Å². The standard InChI is InChI=1S/C35H48N4O3/c1-26(2)19-22-39(5)33(23-27(3)4)35(41)38-32(34(40)37-21-18-30-13-9-10-20-36-30)24-28-14-16-31(17-15-28)42-25-29-11-7-6-8-12-29/h6-17,20,26-27,32-33H,18-19,21-25H2,1-5H3,(H,37,40)(H,38,41)/t32-,33+/m0/s1. The van der Waals surface area contributed by atoms with E-state index in [0.29, 0.717) is 37.8 Å². The van der Waals surface area contributed by atoms with E-state index in [2.05, 4.69) is 48.2 Å². The molecule has 0 bridgehead atoms. The number of amides is 2. The van der Waals surface area contributed by atoms with Crippen molar-refractivity contribution in [1.29, 1.82) is 0 Å². The highest BCUT2D eigenvalue weighted by Crippen LogP contribution is 2.17. The van der Waals surface area contributed by atoms with Crippen molar-refractivity contribution in [3.8, 4) is 5.75 Å². The summed E-state index contributed by atoms with van der Waals surface area (Å²) in [6, 6.07) is 22.5. The lowest BCUT2D eigenvalue weighted by molar-refractivity contribution is -0.132. The Labute approximate surface area is 252 Å². The van der Waals surface area contributed by atoms with Gasteiger partial charge in [0.25, 0.3) is 0 Å². The second-order valence-corrected chi connectivity index (χ2v) is 11.9. The van der Waals surface area contributed by atoms with Crippen LogP contribution in [0.1, 0.15) is 57.4 Å². The van der Waals surface area contributed by atoms with Gasteiger partial charge in [0.05, 0.1) is 6.04 Å². The van der Waals surface area contributed by atoms with Gasteiger partial charge in [-0.1, -0.05) is 76.2 Å². The van der Waals surface area contributed by atoms with Gasteiger partial charge in [-0.15, -0.1) is 0 Å². The summed E-state index contributed by atoms with van der Waals surface area (Å²) in [5.74, 6) is 1.34. The number of likely N-dealkylation sites (N-methyl/N-ethyl adjacent to an activating group) is 1. The minimum absolute atomic E-state index is 0.109. The highest BCUT2D eigenvalue weighted by molar-refractivity contribution is 5.90. The quantitative estimate of drug-likeness (QED) is 0.225. The van der Waals surface area contributed by atoms with Crippen LogP contribution in [0.5, 0.6) is 5.75 Å². The van der Waals surface area contributed by atoms with Crippen molar-refractivity contribution in [1.82, 2.24) is 20.5 Å². The van der Waals surface area contributed by atoms with Crippen LogP contribution < -0.4 is 15.4 Å². The molecule has 2 N–H and O–H groups in total. The largest absolute Gasteiger partial charge is 0.489 e. The molecule has 0 fully saturated rings. The number of carbonyl (C=O) groups excluding carboxylic acids is 2. The molecule has 0 aliphatic rings. The van der Waals surface area contributed by atoms with Crippen LogP contribution in [-0.2, 0) is 29.0 Å². The fraction of sp³-hybridized carbons (Fsp3) is 0.457. The van der Waals surface area contributed by atoms with E-state index in [1.807, 2.05) is 79.8 Å². The van der Waals surface area contributed by atoms with Gasteiger partial charge in [-0.05, 0) is 73.7 Å². The predicted octanol–water partition coefficient (Wildman–Crippen LogP) is 5.44. The molecule has 3 rings (SSSR count). The van der Waals surface area contributed by atoms with Crippen LogP contribution in [0.3, 0.4) is 0 Å². The molecular weight excluding hydrogens is 524 g/mol. The number of hydrogen-bond donors (Lipinski definition) is 2. The summed E-state index contributed by atoms with van der Waals surface area (Å²) in [5.41, 5.74) is 2.95. The molecular formula is C35H48N4O3. The Bertz CT molecular complexity index is 1200. The molecule has 7 nitrogen and oxygen atoms in total. The smallest absolute Gasteiger partial charge is 0.242 e. The van der Waals surface area contributed by atoms with E-state index in [-0.39, 0.29) is 17.9 Å². The Morgan fingerprint density at radius 2 is 1.57 bits per heavy atom. The van der Waals surface area contributed by atoms with Crippen LogP contribution in [-0.4, -0.2) is 53.9 Å². The van der Waals surface area contributed by atoms with Gasteiger partial charge in [-0.2, -0.15) is 0 Å². The number of aromatic nitrogens is 1. The highest BCUT2D eigenvalue weighted by Gasteiger charge is 2.29. The number of carbonyl (C=O) groups is 2. The molecule has 1 aromatic heterocycles. The molecule has 0 unspecified atom stereocenters. The molecule has 0 saturated heterocycles. The average molecular weight is 573 g/mol. The van der Waals surface area contributed by atoms with Gasteiger partial charge < -0.3 is 15.4 Å². The van der Waals surface area contributed by atoms with Gasteiger partial charge in [0.2, 0.25) is 11.8 Å². The molecule has 0 spiro atoms. The van der Waals surface area contributed by atoms with Crippen molar-refractivity contribution in [3.05, 3.63) is 95.8 Å². The Morgan fingerprint density at radius 3 is 2.21 bits per heavy atom. The predicted molar refractivity (Wildman–Crippen MR) is 169 cm³/mol. The zero-order chi connectivity index (χ0) is 30.3. The topological polar surface area (TPSA) is 83.6 Å². The van der Waals surface area contributed by atoms with Gasteiger partial charge in [0.15, 0.2) is 0 Å². The number of nitrogens with one attached hydrogen (secondary N) is 2. The van der Waals surface area contributed by atoms with E-state index >= 15 is 0 Å². The molecule has 0 saturated carbocycles. The zero-order valence-corrected chi connectivity index (χ0v) is 25.9. The Morgan fingerprint density at radius 1 is 0.857 bits per heavy atom. The van der Waals surface area contributed by atoms with E-state index in [4.69, 9.17) is 4.74 Å². The maximum atomic E-state index is 13.7. The highest BCUT2D eigenvalue weighted by atomic mass is 16.5. The molecule has 1 heterocycles. The fourth-order valence-corrected chi connectivity index (χ4v) is 4.71. The first-order chi connectivity index (χ1) is 20.2. The lowest BCUT2D eigenvalue weighted by atomic mass is 9.99. The van der Waals surface area contributed by atoms with Crippen molar-refractivity contribution in [2.75, 3.05) is 20.1 Å². The van der Waals surface area contributed by atoms with Crippen LogP contribution >= 0.6 is 0 Å². The van der Waals surface area contributed by atoms with Crippen molar-refractivity contribution >= 4 is 11.8 Å². The Balaban J connectivity index is 1.69. The number of rotatable bonds is 17. The first-order valence-corrected chi connectivity index (χ1v) is 15.1. The molecule has 2 amide bonds. The minimum Gasteiger partial charge on any atom is -0.489 e. The first-order valence-electron chi connectivity index (χ1n) is 15.1. The van der Waals surface area contributed by atoms with E-state index in [9.17, 15) is 9.59 Å². The zero-order valence-electron chi connectivity index (χ0n) is 25.9. The lowest BCUT2D eigenvalue weighted by Crippen LogP contribution is -2.54. The molecule has 0 radical (unpaired) electrons. The molecule has 0 aliphatic carbocycles. The minimum atomic E-state index is -0.703. The molecule has 42 heavy (non-hydrogen) atoms. The fourth-order valence-electron chi connectivity index (χ4n) is 4.71. The maximum absolute atomic E-state index is 13.7. The molecule has 226 valence electrons. The number of benzene rings is 2. The van der Waals surface area contributed by atoms with Crippen LogP contribution in [0.4, 0.5) is 0 Å². The van der Waals surface area contributed by atoms with Gasteiger partial charge in [-0.3, -0.25) is 19.5 Å². The number of pyridine rings is 1. The van der Waals surface area contributed by atoms with E-state index in [0.717, 1.165) is 42.0 Å². The second kappa shape index (κ2) is 17.3. The van der Waals surface area contributed by atoms with Crippen molar-refractivity contribution in [2.45, 2.75) is 72.1 Å². The van der Waals surface area contributed by atoms with Crippen molar-refractivity contribution < 1.29 is 14.3 Å². The summed E-state index contributed by atoms with van der Waals surface area (Å²) in [7, 11) is 2.01. The summed E-state index contributed by atoms with van der Waals surface area (Å²) < 4.78 is 5.93. The third-order valence-corrected chi connectivity index (χ3v) is 7.24. The van der Waals surface area contributed by atoms with Crippen LogP contribution in [0.15, 0.2) is 79.0 Å². The molecule has 0 aliphatic heterocycles. The maximum Gasteiger partial charge on any atom is 0.242 e. The van der Waals surface area contributed by atoms with E-state index in [1.165, 1.54) is 0 Å². The Hall–Kier alpha value is -3.71. The molecule has 2 aromatic carbocycles. The third kappa shape index (κ3) is 11.6. The molecule has 2 atom stereocenters. The summed E-state index contributed by atoms with van der Waals surface area (Å²) in [6.07, 6.45) is 4.48. The van der Waals surface area contributed by atoms with Gasteiger partial charge in [-0.25, -0.2) is 0 Å². The normalized spacial score (nSPS) is 12.8. The molecule has 7 heteroatoms. The van der Waals surface area contributed by atoms with E-state index in [1.54, 1.807) is 6.20 Å². The number of ether oxygens (including phenoxy) is 1. The average Bonchev–Trinajstić information content (AvgIpc) is 2.98. The van der Waals surface area contributed by atoms with Crippen LogP contribution in [0.25, 0.3) is 0 Å². The van der Waals surface area contributed by atoms with Gasteiger partial charge >= 0.3 is 0 Å². The van der Waals surface area contributed by atoms with Crippen molar-refractivity contribution in [3.63, 3.8) is 0 Å². The lowest BCUT2D eigenvalue weighted by Gasteiger charge is -2.30. The monoisotopic (exact) mass is 572 g/mol. The van der Waals surface area contributed by atoms with Crippen LogP contribution in [0, 0.1) is 11.8 Å². The SMILES string of the molecule is CC(C)CCN(C)[C@H](CC(C)C)C(=O)N[C@@H](Cc1ccc(OCc2ccccc2)cc1)C(=O)NCCc1ccccn1. The summed E-state index contributed by atoms with van der Waals surface area (Å²) >= 11 is 0. The summed E-state index contributed by atoms with van der Waals surface area (Å²) in [4.78, 5) is 33.6. The Kier molecular flexibility index (Phi) is 13.5. The van der Waals surface area contributed by atoms with E-state index < -0.39 is 6.04 Å². The van der Waals surface area contributed by atoms with Crippen LogP contribution in [0.2, 0.25) is 0 Å². The number of nitrogens with zero attached hydrogens (tertiary/aromatic N) is 2. The first kappa shape index (κ1) is 32.8. The number of hydrogen-bond acceptors (Lipinski definition) is 5. The van der Waals surface area contributed by atoms with Gasteiger partial charge in [0.1, 0.15) is 18.4 Å². The second-order valence-electron chi connectivity index (χ2n) is 11.9. The third-order valence-electron chi connectivity index (χ3n) is 7.24. The summed E-state index contributed by atoms with van der Waals surface area (Å²) in [6.45, 7) is 10.4. The summed E-state index contributed by atoms with van der Waals surface area (Å²) in [5, 5.41) is 6.13.